The van der Waals surface area contributed by atoms with E-state index in [4.69, 9.17) is 0 Å². The predicted octanol–water partition coefficient (Wildman–Crippen LogP) is 5.69. The third-order valence-corrected chi connectivity index (χ3v) is 5.91. The Morgan fingerprint density at radius 1 is 0.769 bits per heavy atom. The van der Waals surface area contributed by atoms with Crippen molar-refractivity contribution < 1.29 is 9.32 Å². The number of phenols is 1. The van der Waals surface area contributed by atoms with E-state index in [9.17, 15) is 9.32 Å². The smallest absolute Gasteiger partial charge is 0.116 e. The highest BCUT2D eigenvalue weighted by Crippen LogP contribution is 2.30. The molecule has 0 aromatic heterocycles. The first kappa shape index (κ1) is 16.6. The number of benzene rings is 4. The maximum absolute atomic E-state index is 13.0. The molecule has 26 heavy (non-hydrogen) atoms. The molecule has 1 N–H and O–H groups in total. The SMILES string of the molecule is Cc1ccc(S(=O)c2cccc3cc(-c4cccc(O)c4)ccc23)cc1. The van der Waals surface area contributed by atoms with Crippen molar-refractivity contribution in [2.75, 3.05) is 0 Å². The van der Waals surface area contributed by atoms with Gasteiger partial charge in [-0.15, -0.1) is 0 Å². The van der Waals surface area contributed by atoms with E-state index in [0.717, 1.165) is 37.3 Å². The van der Waals surface area contributed by atoms with Gasteiger partial charge in [-0.05, 0) is 65.2 Å². The molecule has 2 nitrogen and oxygen atoms in total. The first-order chi connectivity index (χ1) is 12.6. The van der Waals surface area contributed by atoms with Crippen LogP contribution in [0.3, 0.4) is 0 Å². The molecule has 0 aliphatic heterocycles. The van der Waals surface area contributed by atoms with Crippen LogP contribution in [0, 0.1) is 6.92 Å². The molecule has 3 heteroatoms. The van der Waals surface area contributed by atoms with Crippen molar-refractivity contribution in [3.8, 4) is 16.9 Å². The molecule has 1 atom stereocenters. The fraction of sp³-hybridized carbons (Fsp3) is 0.0435. The lowest BCUT2D eigenvalue weighted by atomic mass is 10.0. The lowest BCUT2D eigenvalue weighted by molar-refractivity contribution is 0.475. The molecule has 1 unspecified atom stereocenters. The van der Waals surface area contributed by atoms with Crippen LogP contribution < -0.4 is 0 Å². The van der Waals surface area contributed by atoms with Gasteiger partial charge in [-0.1, -0.05) is 54.1 Å². The van der Waals surface area contributed by atoms with Crippen molar-refractivity contribution >= 4 is 21.6 Å². The number of phenolic OH excluding ortho intramolecular Hbond substituents is 1. The Morgan fingerprint density at radius 3 is 2.27 bits per heavy atom. The van der Waals surface area contributed by atoms with Crippen LogP contribution in [0.4, 0.5) is 0 Å². The van der Waals surface area contributed by atoms with Crippen molar-refractivity contribution in [3.05, 3.63) is 90.5 Å². The molecule has 0 heterocycles. The van der Waals surface area contributed by atoms with E-state index < -0.39 is 10.8 Å². The molecule has 4 aromatic rings. The van der Waals surface area contributed by atoms with E-state index in [2.05, 4.69) is 6.07 Å². The number of fused-ring (bicyclic) bond motifs is 1. The molecule has 0 bridgehead atoms. The Morgan fingerprint density at radius 2 is 1.50 bits per heavy atom. The number of rotatable bonds is 3. The van der Waals surface area contributed by atoms with Gasteiger partial charge in [0.2, 0.25) is 0 Å². The maximum atomic E-state index is 13.0. The summed E-state index contributed by atoms with van der Waals surface area (Å²) in [5.74, 6) is 0.247. The van der Waals surface area contributed by atoms with Gasteiger partial charge in [0, 0.05) is 4.90 Å². The molecule has 0 aliphatic carbocycles. The molecule has 4 aromatic carbocycles. The van der Waals surface area contributed by atoms with Crippen LogP contribution in [0.25, 0.3) is 21.9 Å². The largest absolute Gasteiger partial charge is 0.508 e. The van der Waals surface area contributed by atoms with E-state index in [-0.39, 0.29) is 5.75 Å². The third kappa shape index (κ3) is 3.14. The van der Waals surface area contributed by atoms with E-state index in [1.165, 1.54) is 0 Å². The van der Waals surface area contributed by atoms with Gasteiger partial charge in [-0.25, -0.2) is 4.21 Å². The molecule has 0 saturated heterocycles. The summed E-state index contributed by atoms with van der Waals surface area (Å²) in [7, 11) is -1.22. The van der Waals surface area contributed by atoms with Gasteiger partial charge in [-0.2, -0.15) is 0 Å². The van der Waals surface area contributed by atoms with Crippen molar-refractivity contribution in [3.63, 3.8) is 0 Å². The first-order valence-electron chi connectivity index (χ1n) is 8.42. The summed E-state index contributed by atoms with van der Waals surface area (Å²) in [4.78, 5) is 1.62. The Hall–Kier alpha value is -2.91. The molecular formula is C23H18O2S. The molecule has 128 valence electrons. The second-order valence-corrected chi connectivity index (χ2v) is 7.77. The Bertz CT molecular complexity index is 1110. The van der Waals surface area contributed by atoms with Crippen molar-refractivity contribution in [2.24, 2.45) is 0 Å². The Kier molecular flexibility index (Phi) is 4.31. The number of hydrogen-bond acceptors (Lipinski definition) is 2. The van der Waals surface area contributed by atoms with Crippen LogP contribution in [0.15, 0.2) is 94.7 Å². The Balaban J connectivity index is 1.80. The highest BCUT2D eigenvalue weighted by atomic mass is 32.2. The zero-order valence-corrected chi connectivity index (χ0v) is 15.2. The fourth-order valence-electron chi connectivity index (χ4n) is 3.07. The summed E-state index contributed by atoms with van der Waals surface area (Å²) in [6.07, 6.45) is 0. The van der Waals surface area contributed by atoms with Gasteiger partial charge in [0.25, 0.3) is 0 Å². The van der Waals surface area contributed by atoms with Crippen LogP contribution in [0.5, 0.6) is 5.75 Å². The molecule has 0 saturated carbocycles. The van der Waals surface area contributed by atoms with Gasteiger partial charge < -0.3 is 5.11 Å². The average molecular weight is 358 g/mol. The lowest BCUT2D eigenvalue weighted by Crippen LogP contribution is -1.94. The molecule has 0 fully saturated rings. The van der Waals surface area contributed by atoms with Crippen LogP contribution in [-0.2, 0) is 10.8 Å². The topological polar surface area (TPSA) is 37.3 Å². The molecule has 4 rings (SSSR count). The second-order valence-electron chi connectivity index (χ2n) is 6.32. The normalized spacial score (nSPS) is 12.2. The van der Waals surface area contributed by atoms with E-state index in [1.54, 1.807) is 12.1 Å². The summed E-state index contributed by atoms with van der Waals surface area (Å²) in [5, 5.41) is 11.7. The fourth-order valence-corrected chi connectivity index (χ4v) is 4.29. The predicted molar refractivity (Wildman–Crippen MR) is 107 cm³/mol. The van der Waals surface area contributed by atoms with Crippen molar-refractivity contribution in [2.45, 2.75) is 16.7 Å². The minimum absolute atomic E-state index is 0.247. The zero-order chi connectivity index (χ0) is 18.1. The lowest BCUT2D eigenvalue weighted by Gasteiger charge is -2.09. The number of hydrogen-bond donors (Lipinski definition) is 1. The van der Waals surface area contributed by atoms with Gasteiger partial charge in [0.05, 0.1) is 15.7 Å². The Labute approximate surface area is 155 Å². The summed E-state index contributed by atoms with van der Waals surface area (Å²) in [6, 6.07) is 27.0. The standard InChI is InChI=1S/C23H18O2S/c1-16-8-11-21(12-9-16)26(25)23-7-3-5-19-14-18(10-13-22(19)23)17-4-2-6-20(24)15-17/h2-15,24H,1H3. The van der Waals surface area contributed by atoms with Gasteiger partial charge in [-0.3, -0.25) is 0 Å². The van der Waals surface area contributed by atoms with E-state index >= 15 is 0 Å². The molecule has 0 radical (unpaired) electrons. The summed E-state index contributed by atoms with van der Waals surface area (Å²) in [6.45, 7) is 2.02. The molecular weight excluding hydrogens is 340 g/mol. The molecule has 0 spiro atoms. The third-order valence-electron chi connectivity index (χ3n) is 4.45. The van der Waals surface area contributed by atoms with Crippen molar-refractivity contribution in [1.82, 2.24) is 0 Å². The highest BCUT2D eigenvalue weighted by Gasteiger charge is 2.11. The molecule has 0 amide bonds. The number of aryl methyl sites for hydroxylation is 1. The quantitative estimate of drug-likeness (QED) is 0.511. The maximum Gasteiger partial charge on any atom is 0.116 e. The van der Waals surface area contributed by atoms with Gasteiger partial charge in [0.1, 0.15) is 5.75 Å². The monoisotopic (exact) mass is 358 g/mol. The molecule has 0 aliphatic rings. The minimum atomic E-state index is -1.22. The van der Waals surface area contributed by atoms with Crippen LogP contribution in [-0.4, -0.2) is 9.32 Å². The van der Waals surface area contributed by atoms with Gasteiger partial charge >= 0.3 is 0 Å². The van der Waals surface area contributed by atoms with E-state index in [1.807, 2.05) is 73.7 Å². The number of aromatic hydroxyl groups is 1. The van der Waals surface area contributed by atoms with Crippen LogP contribution in [0.2, 0.25) is 0 Å². The first-order valence-corrected chi connectivity index (χ1v) is 9.57. The summed E-state index contributed by atoms with van der Waals surface area (Å²) in [5.41, 5.74) is 3.13. The second kappa shape index (κ2) is 6.77. The highest BCUT2D eigenvalue weighted by molar-refractivity contribution is 7.85. The van der Waals surface area contributed by atoms with Gasteiger partial charge in [0.15, 0.2) is 0 Å². The van der Waals surface area contributed by atoms with Crippen LogP contribution >= 0.6 is 0 Å². The summed E-state index contributed by atoms with van der Waals surface area (Å²) < 4.78 is 13.0. The summed E-state index contributed by atoms with van der Waals surface area (Å²) >= 11 is 0. The van der Waals surface area contributed by atoms with E-state index in [0.29, 0.717) is 0 Å². The average Bonchev–Trinajstić information content (AvgIpc) is 2.67. The van der Waals surface area contributed by atoms with Crippen LogP contribution in [0.1, 0.15) is 5.56 Å². The zero-order valence-electron chi connectivity index (χ0n) is 14.3. The minimum Gasteiger partial charge on any atom is -0.508 e. The van der Waals surface area contributed by atoms with Crippen molar-refractivity contribution in [1.29, 1.82) is 0 Å².